The van der Waals surface area contributed by atoms with Crippen LogP contribution in [-0.2, 0) is 13.0 Å². The van der Waals surface area contributed by atoms with Gasteiger partial charge in [0.1, 0.15) is 5.82 Å². The number of hydrogen-bond donors (Lipinski definition) is 2. The first kappa shape index (κ1) is 17.5. The summed E-state index contributed by atoms with van der Waals surface area (Å²) < 4.78 is 15.6. The summed E-state index contributed by atoms with van der Waals surface area (Å²) >= 11 is 0. The first-order valence-corrected chi connectivity index (χ1v) is 8.99. The Kier molecular flexibility index (Phi) is 5.36. The van der Waals surface area contributed by atoms with Crippen molar-refractivity contribution in [1.29, 1.82) is 0 Å². The van der Waals surface area contributed by atoms with E-state index in [1.54, 1.807) is 22.9 Å². The predicted molar refractivity (Wildman–Crippen MR) is 95.9 cm³/mol. The first-order chi connectivity index (χ1) is 12.1. The highest BCUT2D eigenvalue weighted by Gasteiger charge is 2.23. The number of halogens is 1. The number of carbonyl (C=O) groups excluding carboxylic acids is 1. The summed E-state index contributed by atoms with van der Waals surface area (Å²) in [7, 11) is 0. The number of nitrogens with zero attached hydrogens (tertiary/aromatic N) is 2. The SMILES string of the molecule is CCc1c(N)c(C(=O)NC2CCCCC2)nn1Cc1ccccc1F. The molecule has 0 radical (unpaired) electrons. The molecule has 1 aromatic carbocycles. The van der Waals surface area contributed by atoms with Crippen LogP contribution in [0.2, 0.25) is 0 Å². The fourth-order valence-electron chi connectivity index (χ4n) is 3.47. The van der Waals surface area contributed by atoms with E-state index in [1.165, 1.54) is 12.5 Å². The van der Waals surface area contributed by atoms with Gasteiger partial charge in [-0.15, -0.1) is 0 Å². The van der Waals surface area contributed by atoms with Crippen LogP contribution in [0.3, 0.4) is 0 Å². The zero-order valence-corrected chi connectivity index (χ0v) is 14.6. The zero-order chi connectivity index (χ0) is 17.8. The second-order valence-corrected chi connectivity index (χ2v) is 6.62. The molecule has 0 atom stereocenters. The first-order valence-electron chi connectivity index (χ1n) is 8.99. The molecule has 1 amide bonds. The van der Waals surface area contributed by atoms with Crippen molar-refractivity contribution < 1.29 is 9.18 Å². The summed E-state index contributed by atoms with van der Waals surface area (Å²) in [4.78, 5) is 12.6. The number of nitrogens with one attached hydrogen (secondary N) is 1. The number of amides is 1. The standard InChI is InChI=1S/C19H25FN4O/c1-2-16-17(21)18(19(25)22-14-9-4-3-5-10-14)23-24(16)12-13-8-6-7-11-15(13)20/h6-8,11,14H,2-5,9-10,12,21H2,1H3,(H,22,25). The second kappa shape index (κ2) is 7.68. The highest BCUT2D eigenvalue weighted by Crippen LogP contribution is 2.22. The molecule has 3 rings (SSSR count). The van der Waals surface area contributed by atoms with Crippen LogP contribution in [0.5, 0.6) is 0 Å². The van der Waals surface area contributed by atoms with E-state index in [0.717, 1.165) is 31.4 Å². The van der Waals surface area contributed by atoms with Crippen LogP contribution in [0.25, 0.3) is 0 Å². The molecule has 134 valence electrons. The molecule has 2 aromatic rings. The minimum atomic E-state index is -0.285. The van der Waals surface area contributed by atoms with E-state index in [1.807, 2.05) is 6.92 Å². The lowest BCUT2D eigenvalue weighted by molar-refractivity contribution is 0.0922. The molecule has 1 heterocycles. The molecular formula is C19H25FN4O. The summed E-state index contributed by atoms with van der Waals surface area (Å²) in [5.74, 6) is -0.516. The van der Waals surface area contributed by atoms with Gasteiger partial charge in [-0.3, -0.25) is 9.48 Å². The molecule has 1 aromatic heterocycles. The van der Waals surface area contributed by atoms with Crippen molar-refractivity contribution in [3.8, 4) is 0 Å². The van der Waals surface area contributed by atoms with Crippen LogP contribution < -0.4 is 11.1 Å². The van der Waals surface area contributed by atoms with Crippen LogP contribution in [-0.4, -0.2) is 21.7 Å². The molecule has 1 aliphatic rings. The van der Waals surface area contributed by atoms with Crippen molar-refractivity contribution in [3.05, 3.63) is 47.0 Å². The molecule has 1 aliphatic carbocycles. The van der Waals surface area contributed by atoms with E-state index in [2.05, 4.69) is 10.4 Å². The quantitative estimate of drug-likeness (QED) is 0.874. The lowest BCUT2D eigenvalue weighted by atomic mass is 9.95. The third-order valence-corrected chi connectivity index (χ3v) is 4.87. The Morgan fingerprint density at radius 3 is 2.72 bits per heavy atom. The van der Waals surface area contributed by atoms with Gasteiger partial charge in [-0.1, -0.05) is 44.4 Å². The Balaban J connectivity index is 1.82. The number of anilines is 1. The topological polar surface area (TPSA) is 72.9 Å². The average molecular weight is 344 g/mol. The van der Waals surface area contributed by atoms with Crippen LogP contribution >= 0.6 is 0 Å². The van der Waals surface area contributed by atoms with E-state index < -0.39 is 0 Å². The van der Waals surface area contributed by atoms with Gasteiger partial charge < -0.3 is 11.1 Å². The van der Waals surface area contributed by atoms with Crippen LogP contribution in [0.15, 0.2) is 24.3 Å². The number of carbonyl (C=O) groups is 1. The van der Waals surface area contributed by atoms with Gasteiger partial charge in [0.2, 0.25) is 0 Å². The van der Waals surface area contributed by atoms with Gasteiger partial charge in [-0.2, -0.15) is 5.10 Å². The fourth-order valence-corrected chi connectivity index (χ4v) is 3.47. The largest absolute Gasteiger partial charge is 0.395 e. The average Bonchev–Trinajstić information content (AvgIpc) is 2.93. The van der Waals surface area contributed by atoms with E-state index in [4.69, 9.17) is 5.73 Å². The van der Waals surface area contributed by atoms with Gasteiger partial charge in [0.05, 0.1) is 17.9 Å². The fraction of sp³-hybridized carbons (Fsp3) is 0.474. The second-order valence-electron chi connectivity index (χ2n) is 6.62. The van der Waals surface area contributed by atoms with E-state index in [0.29, 0.717) is 17.7 Å². The van der Waals surface area contributed by atoms with Crippen molar-refractivity contribution >= 4 is 11.6 Å². The maximum Gasteiger partial charge on any atom is 0.274 e. The van der Waals surface area contributed by atoms with Crippen molar-refractivity contribution in [3.63, 3.8) is 0 Å². The Morgan fingerprint density at radius 2 is 2.04 bits per heavy atom. The van der Waals surface area contributed by atoms with E-state index in [9.17, 15) is 9.18 Å². The monoisotopic (exact) mass is 344 g/mol. The van der Waals surface area contributed by atoms with E-state index in [-0.39, 0.29) is 30.0 Å². The van der Waals surface area contributed by atoms with Crippen molar-refractivity contribution in [2.75, 3.05) is 5.73 Å². The number of hydrogen-bond acceptors (Lipinski definition) is 3. The minimum Gasteiger partial charge on any atom is -0.395 e. The highest BCUT2D eigenvalue weighted by molar-refractivity contribution is 5.97. The molecule has 0 spiro atoms. The van der Waals surface area contributed by atoms with Gasteiger partial charge in [0, 0.05) is 11.6 Å². The molecule has 0 bridgehead atoms. The molecule has 0 saturated heterocycles. The number of aromatic nitrogens is 2. The maximum atomic E-state index is 13.9. The molecule has 5 nitrogen and oxygen atoms in total. The number of nitrogens with two attached hydrogens (primary N) is 1. The Hall–Kier alpha value is -2.37. The highest BCUT2D eigenvalue weighted by atomic mass is 19.1. The normalized spacial score (nSPS) is 15.3. The summed E-state index contributed by atoms with van der Waals surface area (Å²) in [5, 5.41) is 7.44. The summed E-state index contributed by atoms with van der Waals surface area (Å²) in [5.41, 5.74) is 8.11. The number of benzene rings is 1. The minimum absolute atomic E-state index is 0.197. The lowest BCUT2D eigenvalue weighted by Gasteiger charge is -2.22. The smallest absolute Gasteiger partial charge is 0.274 e. The van der Waals surface area contributed by atoms with Gasteiger partial charge in [-0.05, 0) is 25.3 Å². The van der Waals surface area contributed by atoms with Gasteiger partial charge in [0.15, 0.2) is 5.69 Å². The Labute approximate surface area is 147 Å². The predicted octanol–water partition coefficient (Wildman–Crippen LogP) is 3.28. The molecule has 1 saturated carbocycles. The number of rotatable bonds is 5. The van der Waals surface area contributed by atoms with Crippen molar-refractivity contribution in [2.24, 2.45) is 0 Å². The molecule has 1 fully saturated rings. The molecule has 0 aliphatic heterocycles. The Morgan fingerprint density at radius 1 is 1.32 bits per heavy atom. The zero-order valence-electron chi connectivity index (χ0n) is 14.6. The van der Waals surface area contributed by atoms with Crippen LogP contribution in [0.4, 0.5) is 10.1 Å². The van der Waals surface area contributed by atoms with E-state index >= 15 is 0 Å². The van der Waals surface area contributed by atoms with Gasteiger partial charge in [-0.25, -0.2) is 4.39 Å². The third kappa shape index (κ3) is 3.83. The van der Waals surface area contributed by atoms with Crippen molar-refractivity contribution in [1.82, 2.24) is 15.1 Å². The maximum absolute atomic E-state index is 13.9. The van der Waals surface area contributed by atoms with Gasteiger partial charge >= 0.3 is 0 Å². The molecule has 3 N–H and O–H groups in total. The lowest BCUT2D eigenvalue weighted by Crippen LogP contribution is -2.36. The van der Waals surface area contributed by atoms with Gasteiger partial charge in [0.25, 0.3) is 5.91 Å². The molecular weight excluding hydrogens is 319 g/mol. The summed E-state index contributed by atoms with van der Waals surface area (Å²) in [6.07, 6.45) is 6.14. The van der Waals surface area contributed by atoms with Crippen LogP contribution in [0.1, 0.15) is 60.8 Å². The summed E-state index contributed by atoms with van der Waals surface area (Å²) in [6.45, 7) is 2.21. The number of nitrogen functional groups attached to an aromatic ring is 1. The Bertz CT molecular complexity index is 750. The molecule has 25 heavy (non-hydrogen) atoms. The summed E-state index contributed by atoms with van der Waals surface area (Å²) in [6, 6.07) is 6.77. The van der Waals surface area contributed by atoms with Crippen molar-refractivity contribution in [2.45, 2.75) is 58.0 Å². The molecule has 0 unspecified atom stereocenters. The van der Waals surface area contributed by atoms with Crippen LogP contribution in [0, 0.1) is 5.82 Å². The third-order valence-electron chi connectivity index (χ3n) is 4.87. The molecule has 6 heteroatoms.